The van der Waals surface area contributed by atoms with Crippen molar-refractivity contribution in [2.75, 3.05) is 0 Å². The largest absolute Gasteiger partial charge is 0.159 e. The first-order chi connectivity index (χ1) is 6.36. The zero-order valence-electron chi connectivity index (χ0n) is 7.44. The third kappa shape index (κ3) is 1.72. The number of hydrogen-bond acceptors (Lipinski definition) is 2. The Bertz CT molecular complexity index is 379. The van der Waals surface area contributed by atoms with E-state index in [1.165, 1.54) is 5.56 Å². The van der Waals surface area contributed by atoms with Crippen molar-refractivity contribution in [3.8, 4) is 11.3 Å². The van der Waals surface area contributed by atoms with Crippen LogP contribution in [0.2, 0.25) is 0 Å². The maximum atomic E-state index is 4.03. The van der Waals surface area contributed by atoms with Crippen LogP contribution in [-0.2, 0) is 0 Å². The van der Waals surface area contributed by atoms with E-state index in [0.717, 1.165) is 11.3 Å². The zero-order chi connectivity index (χ0) is 9.10. The lowest BCUT2D eigenvalue weighted by Crippen LogP contribution is -1.85. The molecular weight excluding hydrogens is 160 g/mol. The molecule has 0 saturated heterocycles. The van der Waals surface area contributed by atoms with E-state index in [-0.39, 0.29) is 0 Å². The van der Waals surface area contributed by atoms with Crippen LogP contribution in [0.15, 0.2) is 42.6 Å². The van der Waals surface area contributed by atoms with Crippen LogP contribution in [0.4, 0.5) is 0 Å². The number of hydrogen-bond donors (Lipinski definition) is 0. The summed E-state index contributed by atoms with van der Waals surface area (Å²) < 4.78 is 0. The van der Waals surface area contributed by atoms with Gasteiger partial charge in [0.1, 0.15) is 0 Å². The van der Waals surface area contributed by atoms with E-state index in [2.05, 4.69) is 41.4 Å². The van der Waals surface area contributed by atoms with Crippen molar-refractivity contribution in [2.45, 2.75) is 6.92 Å². The Labute approximate surface area is 77.3 Å². The number of rotatable bonds is 1. The molecule has 2 heteroatoms. The molecule has 0 aliphatic rings. The summed E-state index contributed by atoms with van der Waals surface area (Å²) >= 11 is 0. The number of aromatic nitrogens is 2. The molecule has 1 heterocycles. The fraction of sp³-hybridized carbons (Fsp3) is 0.0909. The van der Waals surface area contributed by atoms with Gasteiger partial charge in [0.15, 0.2) is 0 Å². The third-order valence-electron chi connectivity index (χ3n) is 1.92. The second-order valence-corrected chi connectivity index (χ2v) is 2.97. The van der Waals surface area contributed by atoms with Gasteiger partial charge in [-0.2, -0.15) is 10.2 Å². The Balaban J connectivity index is 2.42. The van der Waals surface area contributed by atoms with Gasteiger partial charge in [0, 0.05) is 11.8 Å². The van der Waals surface area contributed by atoms with Gasteiger partial charge < -0.3 is 0 Å². The second-order valence-electron chi connectivity index (χ2n) is 2.97. The fourth-order valence-electron chi connectivity index (χ4n) is 1.18. The van der Waals surface area contributed by atoms with Gasteiger partial charge in [-0.25, -0.2) is 0 Å². The normalized spacial score (nSPS) is 9.92. The SMILES string of the molecule is Cc1ccc(-c2cccnn2)cc1. The molecule has 0 amide bonds. The molecule has 0 unspecified atom stereocenters. The van der Waals surface area contributed by atoms with Crippen LogP contribution in [0.3, 0.4) is 0 Å². The molecule has 0 aliphatic carbocycles. The van der Waals surface area contributed by atoms with Crippen LogP contribution in [0.1, 0.15) is 5.56 Å². The van der Waals surface area contributed by atoms with Crippen LogP contribution >= 0.6 is 0 Å². The van der Waals surface area contributed by atoms with Crippen LogP contribution in [0.5, 0.6) is 0 Å². The lowest BCUT2D eigenvalue weighted by atomic mass is 10.1. The quantitative estimate of drug-likeness (QED) is 0.657. The average molecular weight is 170 g/mol. The highest BCUT2D eigenvalue weighted by molar-refractivity contribution is 5.58. The molecule has 1 aromatic heterocycles. The van der Waals surface area contributed by atoms with Gasteiger partial charge in [0.05, 0.1) is 5.69 Å². The summed E-state index contributed by atoms with van der Waals surface area (Å²) in [6.07, 6.45) is 1.68. The van der Waals surface area contributed by atoms with Crippen LogP contribution in [0.25, 0.3) is 11.3 Å². The standard InChI is InChI=1S/C11H10N2/c1-9-4-6-10(7-5-9)11-3-2-8-12-13-11/h2-8H,1H3. The van der Waals surface area contributed by atoms with Gasteiger partial charge in [0.2, 0.25) is 0 Å². The van der Waals surface area contributed by atoms with E-state index in [1.807, 2.05) is 12.1 Å². The van der Waals surface area contributed by atoms with E-state index < -0.39 is 0 Å². The summed E-state index contributed by atoms with van der Waals surface area (Å²) in [5.41, 5.74) is 3.29. The lowest BCUT2D eigenvalue weighted by Gasteiger charge is -1.98. The van der Waals surface area contributed by atoms with Gasteiger partial charge in [-0.3, -0.25) is 0 Å². The van der Waals surface area contributed by atoms with Crippen LogP contribution < -0.4 is 0 Å². The Morgan fingerprint density at radius 1 is 1.00 bits per heavy atom. The molecule has 13 heavy (non-hydrogen) atoms. The van der Waals surface area contributed by atoms with Crippen LogP contribution in [-0.4, -0.2) is 10.2 Å². The molecule has 64 valence electrons. The lowest BCUT2D eigenvalue weighted by molar-refractivity contribution is 1.04. The van der Waals surface area contributed by atoms with E-state index in [1.54, 1.807) is 6.20 Å². The molecule has 0 spiro atoms. The average Bonchev–Trinajstić information content (AvgIpc) is 2.20. The Morgan fingerprint density at radius 3 is 2.38 bits per heavy atom. The summed E-state index contributed by atoms with van der Waals surface area (Å²) in [5, 5.41) is 7.86. The molecule has 0 aliphatic heterocycles. The molecule has 0 bridgehead atoms. The van der Waals surface area contributed by atoms with Gasteiger partial charge in [0.25, 0.3) is 0 Å². The zero-order valence-corrected chi connectivity index (χ0v) is 7.44. The van der Waals surface area contributed by atoms with Gasteiger partial charge in [-0.1, -0.05) is 29.8 Å². The van der Waals surface area contributed by atoms with Crippen molar-refractivity contribution in [3.05, 3.63) is 48.2 Å². The van der Waals surface area contributed by atoms with E-state index >= 15 is 0 Å². The van der Waals surface area contributed by atoms with Crippen molar-refractivity contribution in [1.29, 1.82) is 0 Å². The second kappa shape index (κ2) is 3.35. The Kier molecular flexibility index (Phi) is 2.04. The molecule has 0 saturated carbocycles. The predicted octanol–water partition coefficient (Wildman–Crippen LogP) is 2.45. The smallest absolute Gasteiger partial charge is 0.0929 e. The molecule has 2 nitrogen and oxygen atoms in total. The van der Waals surface area contributed by atoms with Gasteiger partial charge in [-0.05, 0) is 19.1 Å². The highest BCUT2D eigenvalue weighted by Crippen LogP contribution is 2.15. The number of benzene rings is 1. The molecule has 0 N–H and O–H groups in total. The highest BCUT2D eigenvalue weighted by atomic mass is 15.1. The molecule has 2 rings (SSSR count). The molecular formula is C11H10N2. The van der Waals surface area contributed by atoms with Crippen molar-refractivity contribution in [2.24, 2.45) is 0 Å². The summed E-state index contributed by atoms with van der Waals surface area (Å²) in [6, 6.07) is 12.1. The van der Waals surface area contributed by atoms with Crippen molar-refractivity contribution in [1.82, 2.24) is 10.2 Å². The summed E-state index contributed by atoms with van der Waals surface area (Å²) in [5.74, 6) is 0. The monoisotopic (exact) mass is 170 g/mol. The third-order valence-corrected chi connectivity index (χ3v) is 1.92. The molecule has 1 aromatic carbocycles. The van der Waals surface area contributed by atoms with Gasteiger partial charge >= 0.3 is 0 Å². The summed E-state index contributed by atoms with van der Waals surface area (Å²) in [7, 11) is 0. The summed E-state index contributed by atoms with van der Waals surface area (Å²) in [4.78, 5) is 0. The predicted molar refractivity (Wildman–Crippen MR) is 52.2 cm³/mol. The van der Waals surface area contributed by atoms with E-state index in [4.69, 9.17) is 0 Å². The maximum Gasteiger partial charge on any atom is 0.0929 e. The first kappa shape index (κ1) is 7.92. The topological polar surface area (TPSA) is 25.8 Å². The van der Waals surface area contributed by atoms with Crippen LogP contribution in [0, 0.1) is 6.92 Å². The van der Waals surface area contributed by atoms with Crippen molar-refractivity contribution >= 4 is 0 Å². The fourth-order valence-corrected chi connectivity index (χ4v) is 1.18. The van der Waals surface area contributed by atoms with Crippen molar-refractivity contribution < 1.29 is 0 Å². The number of nitrogens with zero attached hydrogens (tertiary/aromatic N) is 2. The summed E-state index contributed by atoms with van der Waals surface area (Å²) in [6.45, 7) is 2.07. The Morgan fingerprint density at radius 2 is 1.77 bits per heavy atom. The molecule has 2 aromatic rings. The minimum absolute atomic E-state index is 0.919. The first-order valence-electron chi connectivity index (χ1n) is 4.21. The molecule has 0 fully saturated rings. The maximum absolute atomic E-state index is 4.03. The van der Waals surface area contributed by atoms with Crippen molar-refractivity contribution in [3.63, 3.8) is 0 Å². The van der Waals surface area contributed by atoms with E-state index in [0.29, 0.717) is 0 Å². The first-order valence-corrected chi connectivity index (χ1v) is 4.21. The Hall–Kier alpha value is -1.70. The molecule has 0 radical (unpaired) electrons. The number of aryl methyl sites for hydroxylation is 1. The highest BCUT2D eigenvalue weighted by Gasteiger charge is 1.96. The minimum atomic E-state index is 0.919. The minimum Gasteiger partial charge on any atom is -0.159 e. The van der Waals surface area contributed by atoms with Gasteiger partial charge in [-0.15, -0.1) is 0 Å². The van der Waals surface area contributed by atoms with E-state index in [9.17, 15) is 0 Å². The molecule has 0 atom stereocenters.